The quantitative estimate of drug-likeness (QED) is 0.565. The van der Waals surface area contributed by atoms with Crippen LogP contribution < -0.4 is 5.43 Å². The second-order valence-corrected chi connectivity index (χ2v) is 6.55. The maximum atomic E-state index is 12.3. The summed E-state index contributed by atoms with van der Waals surface area (Å²) in [5, 5.41) is 5.48. The van der Waals surface area contributed by atoms with Crippen molar-refractivity contribution in [3.63, 3.8) is 0 Å². The summed E-state index contributed by atoms with van der Waals surface area (Å²) in [5.41, 5.74) is 5.23. The number of hydrogen-bond donors (Lipinski definition) is 1. The van der Waals surface area contributed by atoms with Crippen LogP contribution in [0.15, 0.2) is 47.8 Å². The third-order valence-corrected chi connectivity index (χ3v) is 5.05. The van der Waals surface area contributed by atoms with Gasteiger partial charge in [-0.3, -0.25) is 9.78 Å². The molecule has 0 spiro atoms. The lowest BCUT2D eigenvalue weighted by Crippen LogP contribution is -2.18. The van der Waals surface area contributed by atoms with Crippen molar-refractivity contribution in [2.45, 2.75) is 13.8 Å². The van der Waals surface area contributed by atoms with Crippen molar-refractivity contribution in [3.05, 3.63) is 63.8 Å². The van der Waals surface area contributed by atoms with Crippen molar-refractivity contribution in [2.75, 3.05) is 0 Å². The van der Waals surface area contributed by atoms with Crippen LogP contribution in [0.25, 0.3) is 10.1 Å². The molecule has 0 radical (unpaired) electrons. The molecule has 6 heteroatoms. The number of amides is 1. The van der Waals surface area contributed by atoms with Gasteiger partial charge in [0.05, 0.1) is 10.7 Å². The molecule has 4 nitrogen and oxygen atoms in total. The lowest BCUT2D eigenvalue weighted by atomic mass is 10.2. The molecule has 0 bridgehead atoms. The van der Waals surface area contributed by atoms with E-state index in [9.17, 15) is 4.79 Å². The van der Waals surface area contributed by atoms with Crippen LogP contribution in [0.4, 0.5) is 0 Å². The molecule has 0 atom stereocenters. The summed E-state index contributed by atoms with van der Waals surface area (Å²) >= 11 is 7.70. The van der Waals surface area contributed by atoms with Gasteiger partial charge in [-0.1, -0.05) is 29.8 Å². The van der Waals surface area contributed by atoms with E-state index in [1.54, 1.807) is 12.4 Å². The Morgan fingerprint density at radius 3 is 2.91 bits per heavy atom. The lowest BCUT2D eigenvalue weighted by Gasteiger charge is -2.01. The number of halogens is 1. The molecule has 116 valence electrons. The largest absolute Gasteiger partial charge is 0.283 e. The van der Waals surface area contributed by atoms with Gasteiger partial charge in [0.1, 0.15) is 4.88 Å². The maximum absolute atomic E-state index is 12.3. The Bertz CT molecular complexity index is 903. The topological polar surface area (TPSA) is 54.4 Å². The van der Waals surface area contributed by atoms with Crippen molar-refractivity contribution in [3.8, 4) is 0 Å². The average Bonchev–Trinajstić information content (AvgIpc) is 2.89. The summed E-state index contributed by atoms with van der Waals surface area (Å²) < 4.78 is 0.994. The molecule has 0 aliphatic rings. The zero-order chi connectivity index (χ0) is 16.4. The fourth-order valence-electron chi connectivity index (χ4n) is 2.15. The van der Waals surface area contributed by atoms with Gasteiger partial charge in [0.15, 0.2) is 0 Å². The minimum Gasteiger partial charge on any atom is -0.266 e. The van der Waals surface area contributed by atoms with Crippen molar-refractivity contribution in [1.82, 2.24) is 10.4 Å². The van der Waals surface area contributed by atoms with Crippen LogP contribution in [-0.2, 0) is 0 Å². The minimum atomic E-state index is -0.308. The first-order valence-electron chi connectivity index (χ1n) is 7.00. The summed E-state index contributed by atoms with van der Waals surface area (Å²) in [5.74, 6) is -0.308. The number of aromatic nitrogens is 1. The normalized spacial score (nSPS) is 11.7. The molecule has 0 aliphatic carbocycles. The van der Waals surface area contributed by atoms with Crippen molar-refractivity contribution in [2.24, 2.45) is 5.10 Å². The number of nitrogens with one attached hydrogen (secondary N) is 1. The smallest absolute Gasteiger partial charge is 0.266 e. The Morgan fingerprint density at radius 2 is 2.17 bits per heavy atom. The molecular formula is C17H14ClN3OS. The van der Waals surface area contributed by atoms with E-state index in [-0.39, 0.29) is 5.91 Å². The summed E-state index contributed by atoms with van der Waals surface area (Å²) in [6.45, 7) is 3.82. The number of carbonyl (C=O) groups excluding carboxylic acids is 1. The predicted octanol–water partition coefficient (Wildman–Crippen LogP) is 4.41. The average molecular weight is 344 g/mol. The number of pyridine rings is 1. The molecule has 3 rings (SSSR count). The molecule has 1 N–H and O–H groups in total. The van der Waals surface area contributed by atoms with E-state index in [1.807, 2.05) is 44.2 Å². The van der Waals surface area contributed by atoms with Crippen molar-refractivity contribution in [1.29, 1.82) is 0 Å². The van der Waals surface area contributed by atoms with Crippen LogP contribution in [0.3, 0.4) is 0 Å². The molecular weight excluding hydrogens is 330 g/mol. The highest BCUT2D eigenvalue weighted by atomic mass is 35.5. The summed E-state index contributed by atoms with van der Waals surface area (Å²) in [7, 11) is 0. The second kappa shape index (κ2) is 6.48. The zero-order valence-electron chi connectivity index (χ0n) is 12.6. The Labute approximate surface area is 142 Å². The monoisotopic (exact) mass is 343 g/mol. The van der Waals surface area contributed by atoms with Gasteiger partial charge < -0.3 is 0 Å². The van der Waals surface area contributed by atoms with Crippen LogP contribution in [0.2, 0.25) is 5.02 Å². The molecule has 0 aliphatic heterocycles. The van der Waals surface area contributed by atoms with Gasteiger partial charge in [-0.25, -0.2) is 5.43 Å². The van der Waals surface area contributed by atoms with E-state index in [2.05, 4.69) is 15.5 Å². The van der Waals surface area contributed by atoms with E-state index in [0.717, 1.165) is 21.2 Å². The number of thiophene rings is 1. The molecule has 2 heterocycles. The summed E-state index contributed by atoms with van der Waals surface area (Å²) in [6.07, 6.45) is 3.38. The molecule has 0 unspecified atom stereocenters. The van der Waals surface area contributed by atoms with Crippen LogP contribution >= 0.6 is 22.9 Å². The lowest BCUT2D eigenvalue weighted by molar-refractivity contribution is 0.0959. The first-order chi connectivity index (χ1) is 11.1. The van der Waals surface area contributed by atoms with Gasteiger partial charge in [0.2, 0.25) is 0 Å². The highest BCUT2D eigenvalue weighted by Crippen LogP contribution is 2.35. The number of nitrogens with zero attached hydrogens (tertiary/aromatic N) is 2. The standard InChI is InChI=1S/C17H14ClN3OS/c1-10-5-6-13-14(8-10)23-16(15(13)18)17(22)21-20-11(2)12-4-3-7-19-9-12/h3-9H,1-2H3,(H,21,22). The van der Waals surface area contributed by atoms with Gasteiger partial charge >= 0.3 is 0 Å². The van der Waals surface area contributed by atoms with Crippen LogP contribution in [0.1, 0.15) is 27.7 Å². The van der Waals surface area contributed by atoms with Gasteiger partial charge in [-0.05, 0) is 31.5 Å². The van der Waals surface area contributed by atoms with Crippen LogP contribution in [0, 0.1) is 6.92 Å². The van der Waals surface area contributed by atoms with Crippen molar-refractivity contribution < 1.29 is 4.79 Å². The molecule has 1 amide bonds. The highest BCUT2D eigenvalue weighted by Gasteiger charge is 2.17. The zero-order valence-corrected chi connectivity index (χ0v) is 14.2. The highest BCUT2D eigenvalue weighted by molar-refractivity contribution is 7.21. The molecule has 0 saturated carbocycles. The van der Waals surface area contributed by atoms with E-state index in [1.165, 1.54) is 11.3 Å². The Hall–Kier alpha value is -2.24. The van der Waals surface area contributed by atoms with Crippen LogP contribution in [0.5, 0.6) is 0 Å². The Kier molecular flexibility index (Phi) is 4.41. The SMILES string of the molecule is CC(=NNC(=O)c1sc2cc(C)ccc2c1Cl)c1cccnc1. The van der Waals surface area contributed by atoms with E-state index >= 15 is 0 Å². The molecule has 3 aromatic rings. The molecule has 1 aromatic carbocycles. The third-order valence-electron chi connectivity index (χ3n) is 3.40. The van der Waals surface area contributed by atoms with Gasteiger partial charge in [0, 0.05) is 28.0 Å². The maximum Gasteiger partial charge on any atom is 0.283 e. The van der Waals surface area contributed by atoms with E-state index < -0.39 is 0 Å². The number of aryl methyl sites for hydroxylation is 1. The number of hydrazone groups is 1. The fraction of sp³-hybridized carbons (Fsp3) is 0.118. The van der Waals surface area contributed by atoms with E-state index in [0.29, 0.717) is 15.6 Å². The number of rotatable bonds is 3. The van der Waals surface area contributed by atoms with Gasteiger partial charge in [-0.2, -0.15) is 5.10 Å². The first kappa shape index (κ1) is 15.6. The fourth-order valence-corrected chi connectivity index (χ4v) is 3.65. The molecule has 0 fully saturated rings. The number of carbonyl (C=O) groups is 1. The number of hydrogen-bond acceptors (Lipinski definition) is 4. The first-order valence-corrected chi connectivity index (χ1v) is 8.19. The summed E-state index contributed by atoms with van der Waals surface area (Å²) in [6, 6.07) is 9.64. The second-order valence-electron chi connectivity index (χ2n) is 5.12. The van der Waals surface area contributed by atoms with Crippen molar-refractivity contribution >= 4 is 44.6 Å². The molecule has 0 saturated heterocycles. The van der Waals surface area contributed by atoms with Gasteiger partial charge in [-0.15, -0.1) is 11.3 Å². The Balaban J connectivity index is 1.85. The third kappa shape index (κ3) is 3.25. The predicted molar refractivity (Wildman–Crippen MR) is 95.5 cm³/mol. The molecule has 2 aromatic heterocycles. The minimum absolute atomic E-state index is 0.308. The molecule has 23 heavy (non-hydrogen) atoms. The van der Waals surface area contributed by atoms with Crippen LogP contribution in [-0.4, -0.2) is 16.6 Å². The Morgan fingerprint density at radius 1 is 1.35 bits per heavy atom. The van der Waals surface area contributed by atoms with E-state index in [4.69, 9.17) is 11.6 Å². The summed E-state index contributed by atoms with van der Waals surface area (Å²) in [4.78, 5) is 16.8. The number of fused-ring (bicyclic) bond motifs is 1. The number of benzene rings is 1. The van der Waals surface area contributed by atoms with Gasteiger partial charge in [0.25, 0.3) is 5.91 Å².